The van der Waals surface area contributed by atoms with Crippen molar-refractivity contribution in [3.8, 4) is 0 Å². The van der Waals surface area contributed by atoms with E-state index in [0.29, 0.717) is 0 Å². The largest absolute Gasteiger partial charge is 0.400 e. The van der Waals surface area contributed by atoms with E-state index in [1.807, 2.05) is 18.2 Å². The van der Waals surface area contributed by atoms with Crippen LogP contribution < -0.4 is 0 Å². The van der Waals surface area contributed by atoms with Crippen molar-refractivity contribution in [2.24, 2.45) is 0 Å². The van der Waals surface area contributed by atoms with Gasteiger partial charge in [0.05, 0.1) is 0 Å². The summed E-state index contributed by atoms with van der Waals surface area (Å²) in [6.07, 6.45) is -0.0372. The minimum absolute atomic E-state index is 0.674. The molecule has 1 aromatic rings. The molecule has 1 heterocycles. The number of rotatable bonds is 3. The van der Waals surface area contributed by atoms with Crippen LogP contribution in [0.5, 0.6) is 0 Å². The van der Waals surface area contributed by atoms with Gasteiger partial charge in [0.15, 0.2) is 6.17 Å². The van der Waals surface area contributed by atoms with Crippen LogP contribution in [0.2, 0.25) is 0 Å². The molecular formula is C9H12F3NO3S. The summed E-state index contributed by atoms with van der Waals surface area (Å²) < 4.78 is 63.8. The first-order valence-corrected chi connectivity index (χ1v) is 6.01. The fourth-order valence-electron chi connectivity index (χ4n) is 0.712. The molecule has 1 N–H and O–H groups in total. The SMILES string of the molecule is CCC(F)C(F)(F)S(=O)(=O)O.c1ccncc1. The van der Waals surface area contributed by atoms with Crippen molar-refractivity contribution in [3.63, 3.8) is 0 Å². The zero-order valence-corrected chi connectivity index (χ0v) is 9.74. The number of alkyl halides is 3. The molecule has 0 saturated carbocycles. The quantitative estimate of drug-likeness (QED) is 0.856. The standard InChI is InChI=1S/C5H5N.C4H7F3O3S/c1-2-4-6-5-3-1;1-2-3(5)4(6,7)11(8,9)10/h1-5H;3H,2H2,1H3,(H,8,9,10). The molecular weight excluding hydrogens is 259 g/mol. The zero-order valence-electron chi connectivity index (χ0n) is 8.92. The summed E-state index contributed by atoms with van der Waals surface area (Å²) >= 11 is 0. The molecule has 4 nitrogen and oxygen atoms in total. The number of hydrogen-bond acceptors (Lipinski definition) is 3. The molecule has 17 heavy (non-hydrogen) atoms. The second kappa shape index (κ2) is 6.55. The summed E-state index contributed by atoms with van der Waals surface area (Å²) in [5.74, 6) is 0. The van der Waals surface area contributed by atoms with Crippen LogP contribution in [-0.2, 0) is 10.1 Å². The van der Waals surface area contributed by atoms with Gasteiger partial charge in [0, 0.05) is 12.4 Å². The molecule has 0 radical (unpaired) electrons. The van der Waals surface area contributed by atoms with Gasteiger partial charge in [-0.3, -0.25) is 9.54 Å². The van der Waals surface area contributed by atoms with E-state index in [1.165, 1.54) is 0 Å². The van der Waals surface area contributed by atoms with Gasteiger partial charge in [-0.15, -0.1) is 0 Å². The van der Waals surface area contributed by atoms with Crippen LogP contribution in [0.15, 0.2) is 30.6 Å². The van der Waals surface area contributed by atoms with Gasteiger partial charge < -0.3 is 0 Å². The minimum Gasteiger partial charge on any atom is -0.281 e. The maximum atomic E-state index is 12.1. The molecule has 0 fully saturated rings. The third-order valence-electron chi connectivity index (χ3n) is 1.63. The van der Waals surface area contributed by atoms with E-state index in [1.54, 1.807) is 12.4 Å². The Morgan fingerprint density at radius 1 is 1.29 bits per heavy atom. The highest BCUT2D eigenvalue weighted by atomic mass is 32.2. The topological polar surface area (TPSA) is 67.3 Å². The molecule has 0 aromatic carbocycles. The lowest BCUT2D eigenvalue weighted by Crippen LogP contribution is -2.38. The van der Waals surface area contributed by atoms with Crippen molar-refractivity contribution in [1.82, 2.24) is 4.98 Å². The summed E-state index contributed by atoms with van der Waals surface area (Å²) in [7, 11) is -5.62. The molecule has 0 amide bonds. The van der Waals surface area contributed by atoms with Gasteiger partial charge >= 0.3 is 15.4 Å². The van der Waals surface area contributed by atoms with Gasteiger partial charge in [-0.1, -0.05) is 13.0 Å². The fraction of sp³-hybridized carbons (Fsp3) is 0.444. The van der Waals surface area contributed by atoms with Crippen LogP contribution in [0.4, 0.5) is 13.2 Å². The van der Waals surface area contributed by atoms with E-state index < -0.39 is 28.0 Å². The Labute approximate surface area is 97.2 Å². The van der Waals surface area contributed by atoms with Crippen LogP contribution in [0.3, 0.4) is 0 Å². The third-order valence-corrected chi connectivity index (χ3v) is 2.58. The molecule has 0 spiro atoms. The van der Waals surface area contributed by atoms with Crippen LogP contribution in [0.25, 0.3) is 0 Å². The summed E-state index contributed by atoms with van der Waals surface area (Å²) in [4.78, 5) is 3.78. The van der Waals surface area contributed by atoms with Crippen LogP contribution in [-0.4, -0.2) is 29.4 Å². The maximum absolute atomic E-state index is 12.1. The predicted molar refractivity (Wildman–Crippen MR) is 55.9 cm³/mol. The first-order valence-electron chi connectivity index (χ1n) is 4.57. The Balaban J connectivity index is 0.000000354. The molecule has 1 atom stereocenters. The van der Waals surface area contributed by atoms with Crippen molar-refractivity contribution >= 4 is 10.1 Å². The van der Waals surface area contributed by atoms with Crippen LogP contribution >= 0.6 is 0 Å². The Morgan fingerprint density at radius 3 is 1.88 bits per heavy atom. The molecule has 0 aliphatic rings. The van der Waals surface area contributed by atoms with Crippen molar-refractivity contribution in [1.29, 1.82) is 0 Å². The third kappa shape index (κ3) is 5.14. The monoisotopic (exact) mass is 271 g/mol. The zero-order chi connectivity index (χ0) is 13.5. The van der Waals surface area contributed by atoms with Crippen molar-refractivity contribution in [2.45, 2.75) is 24.8 Å². The fourth-order valence-corrected chi connectivity index (χ4v) is 1.20. The first-order chi connectivity index (χ1) is 7.73. The summed E-state index contributed by atoms with van der Waals surface area (Å²) in [5, 5.41) is -4.69. The lowest BCUT2D eigenvalue weighted by atomic mass is 10.3. The average molecular weight is 271 g/mol. The maximum Gasteiger partial charge on any atom is 0.400 e. The summed E-state index contributed by atoms with van der Waals surface area (Å²) in [6, 6.07) is 5.72. The average Bonchev–Trinajstić information content (AvgIpc) is 2.29. The molecule has 1 rings (SSSR count). The molecule has 8 heteroatoms. The first kappa shape index (κ1) is 15.9. The van der Waals surface area contributed by atoms with Crippen LogP contribution in [0, 0.1) is 0 Å². The van der Waals surface area contributed by atoms with Crippen LogP contribution in [0.1, 0.15) is 13.3 Å². The lowest BCUT2D eigenvalue weighted by molar-refractivity contribution is -0.00388. The van der Waals surface area contributed by atoms with E-state index >= 15 is 0 Å². The highest BCUT2D eigenvalue weighted by molar-refractivity contribution is 7.86. The number of halogens is 3. The number of hydrogen-bond donors (Lipinski definition) is 1. The molecule has 1 aromatic heterocycles. The second-order valence-electron chi connectivity index (χ2n) is 2.94. The summed E-state index contributed by atoms with van der Waals surface area (Å²) in [5.41, 5.74) is 0. The Bertz CT molecular complexity index is 384. The van der Waals surface area contributed by atoms with Crippen molar-refractivity contribution in [3.05, 3.63) is 30.6 Å². The van der Waals surface area contributed by atoms with Gasteiger partial charge in [0.1, 0.15) is 0 Å². The summed E-state index contributed by atoms with van der Waals surface area (Å²) in [6.45, 7) is 1.05. The van der Waals surface area contributed by atoms with Gasteiger partial charge in [-0.25, -0.2) is 4.39 Å². The number of aromatic nitrogens is 1. The second-order valence-corrected chi connectivity index (χ2v) is 4.43. The van der Waals surface area contributed by atoms with E-state index in [9.17, 15) is 21.6 Å². The smallest absolute Gasteiger partial charge is 0.281 e. The minimum atomic E-state index is -5.62. The Kier molecular flexibility index (Phi) is 6.11. The molecule has 98 valence electrons. The molecule has 0 aliphatic carbocycles. The molecule has 0 bridgehead atoms. The number of nitrogens with zero attached hydrogens (tertiary/aromatic N) is 1. The molecule has 0 aliphatic heterocycles. The highest BCUT2D eigenvalue weighted by Crippen LogP contribution is 2.28. The van der Waals surface area contributed by atoms with E-state index in [-0.39, 0.29) is 0 Å². The molecule has 1 unspecified atom stereocenters. The van der Waals surface area contributed by atoms with Gasteiger partial charge in [-0.05, 0) is 18.6 Å². The Morgan fingerprint density at radius 2 is 1.76 bits per heavy atom. The predicted octanol–water partition coefficient (Wildman–Crippen LogP) is 2.30. The van der Waals surface area contributed by atoms with E-state index in [4.69, 9.17) is 4.55 Å². The van der Waals surface area contributed by atoms with Gasteiger partial charge in [0.25, 0.3) is 0 Å². The van der Waals surface area contributed by atoms with Gasteiger partial charge in [0.2, 0.25) is 0 Å². The van der Waals surface area contributed by atoms with Crippen molar-refractivity contribution < 1.29 is 26.1 Å². The van der Waals surface area contributed by atoms with E-state index in [0.717, 1.165) is 6.92 Å². The normalized spacial score (nSPS) is 13.5. The Hall–Kier alpha value is -1.15. The molecule has 0 saturated heterocycles. The highest BCUT2D eigenvalue weighted by Gasteiger charge is 2.51. The lowest BCUT2D eigenvalue weighted by Gasteiger charge is -2.15. The van der Waals surface area contributed by atoms with E-state index in [2.05, 4.69) is 4.98 Å². The van der Waals surface area contributed by atoms with Crippen molar-refractivity contribution in [2.75, 3.05) is 0 Å². The number of pyridine rings is 1. The van der Waals surface area contributed by atoms with Gasteiger partial charge in [-0.2, -0.15) is 17.2 Å².